The average molecular weight is 1100 g/mol. The van der Waals surface area contributed by atoms with Crippen molar-refractivity contribution in [3.8, 4) is 17.2 Å². The van der Waals surface area contributed by atoms with Crippen LogP contribution in [0, 0.1) is 0 Å². The molecule has 4 heterocycles. The Labute approximate surface area is 485 Å². The van der Waals surface area contributed by atoms with E-state index in [1.165, 1.54) is 102 Å². The second kappa shape index (κ2) is 33.5. The van der Waals surface area contributed by atoms with E-state index in [1.54, 1.807) is 0 Å². The molecule has 10 rings (SSSR count). The Morgan fingerprint density at radius 3 is 1.28 bits per heavy atom. The first-order valence-corrected chi connectivity index (χ1v) is 30.3. The van der Waals surface area contributed by atoms with Gasteiger partial charge in [-0.3, -0.25) is 19.6 Å². The average Bonchev–Trinajstić information content (AvgIpc) is 3.76. The third-order valence-electron chi connectivity index (χ3n) is 15.7. The molecule has 0 saturated carbocycles. The number of aliphatic hydroxyl groups excluding tert-OH is 3. The van der Waals surface area contributed by atoms with Crippen LogP contribution >= 0.6 is 0 Å². The van der Waals surface area contributed by atoms with Crippen LogP contribution in [0.15, 0.2) is 146 Å². The summed E-state index contributed by atoms with van der Waals surface area (Å²) in [5.74, 6) is 2.51. The van der Waals surface area contributed by atoms with E-state index in [2.05, 4.69) is 146 Å². The summed E-state index contributed by atoms with van der Waals surface area (Å²) in [6, 6.07) is 50.4. The zero-order valence-electron chi connectivity index (χ0n) is 49.0. The van der Waals surface area contributed by atoms with Crippen LogP contribution in [0.1, 0.15) is 95.5 Å². The molecule has 0 amide bonds. The Morgan fingerprint density at radius 2 is 0.852 bits per heavy atom. The van der Waals surface area contributed by atoms with E-state index < -0.39 is 18.3 Å². The summed E-state index contributed by atoms with van der Waals surface area (Å²) in [5, 5.41) is 34.7. The van der Waals surface area contributed by atoms with Gasteiger partial charge in [0.25, 0.3) is 0 Å². The molecule has 4 aliphatic rings. The van der Waals surface area contributed by atoms with Gasteiger partial charge in [0.2, 0.25) is 0 Å². The molecule has 4 aliphatic heterocycles. The molecule has 0 bridgehead atoms. The summed E-state index contributed by atoms with van der Waals surface area (Å²) in [4.78, 5) is 11.6. The molecule has 0 aliphatic carbocycles. The third kappa shape index (κ3) is 21.6. The van der Waals surface area contributed by atoms with Gasteiger partial charge < -0.3 is 39.7 Å². The van der Waals surface area contributed by atoms with Crippen LogP contribution in [0.4, 0.5) is 0 Å². The molecule has 12 heteroatoms. The number of hydrogen-bond acceptors (Lipinski definition) is 12. The van der Waals surface area contributed by atoms with Gasteiger partial charge in [0.1, 0.15) is 55.4 Å². The van der Waals surface area contributed by atoms with E-state index in [1.807, 2.05) is 50.5 Å². The van der Waals surface area contributed by atoms with Crippen molar-refractivity contribution in [2.75, 3.05) is 92.8 Å². The quantitative estimate of drug-likeness (QED) is 0.0433. The van der Waals surface area contributed by atoms with E-state index >= 15 is 0 Å². The summed E-state index contributed by atoms with van der Waals surface area (Å²) in [5.41, 5.74) is 12.2. The number of β-amino-alcohol motifs (C(OH)–C–C–N with tert-alkyl or cyclic N) is 3. The molecule has 436 valence electrons. The number of hydrogen-bond donors (Lipinski definition) is 4. The first-order chi connectivity index (χ1) is 39.6. The number of unbranched alkanes of at least 4 members (excludes halogenated alkanes) is 1. The van der Waals surface area contributed by atoms with Crippen LogP contribution < -0.4 is 19.5 Å². The number of fused-ring (bicyclic) bond motifs is 3. The highest BCUT2D eigenvalue weighted by atomic mass is 16.5. The third-order valence-corrected chi connectivity index (χ3v) is 15.7. The minimum Gasteiger partial charge on any atom is -0.491 e. The summed E-state index contributed by atoms with van der Waals surface area (Å²) in [6.07, 6.45) is 9.46. The lowest BCUT2D eigenvalue weighted by Crippen LogP contribution is -2.38. The molecule has 3 atom stereocenters. The fourth-order valence-corrected chi connectivity index (χ4v) is 11.4. The second-order valence-corrected chi connectivity index (χ2v) is 23.1. The highest BCUT2D eigenvalue weighted by Crippen LogP contribution is 2.24. The fourth-order valence-electron chi connectivity index (χ4n) is 11.4. The second-order valence-electron chi connectivity index (χ2n) is 23.1. The van der Waals surface area contributed by atoms with Gasteiger partial charge in [0, 0.05) is 78.5 Å². The zero-order valence-corrected chi connectivity index (χ0v) is 49.0. The van der Waals surface area contributed by atoms with Crippen LogP contribution in [0.25, 0.3) is 0 Å². The molecule has 81 heavy (non-hydrogen) atoms. The smallest absolute Gasteiger partial charge is 0.119 e. The van der Waals surface area contributed by atoms with E-state index in [0.29, 0.717) is 39.5 Å². The van der Waals surface area contributed by atoms with Gasteiger partial charge in [0.05, 0.1) is 0 Å². The van der Waals surface area contributed by atoms with Crippen LogP contribution in [0.3, 0.4) is 0 Å². The Morgan fingerprint density at radius 1 is 0.457 bits per heavy atom. The maximum Gasteiger partial charge on any atom is 0.119 e. The molecule has 1 fully saturated rings. The largest absolute Gasteiger partial charge is 0.491 e. The molecule has 0 aromatic heterocycles. The van der Waals surface area contributed by atoms with Crippen molar-refractivity contribution in [1.29, 1.82) is 0 Å². The van der Waals surface area contributed by atoms with Crippen molar-refractivity contribution >= 4 is 0 Å². The Bertz CT molecular complexity index is 2750. The summed E-state index contributed by atoms with van der Waals surface area (Å²) in [7, 11) is 4.10. The van der Waals surface area contributed by atoms with Gasteiger partial charge in [-0.25, -0.2) is 0 Å². The monoisotopic (exact) mass is 1100 g/mol. The van der Waals surface area contributed by atoms with E-state index in [4.69, 9.17) is 14.2 Å². The molecule has 3 unspecified atom stereocenters. The highest BCUT2D eigenvalue weighted by Gasteiger charge is 2.22. The zero-order chi connectivity index (χ0) is 56.4. The lowest BCUT2D eigenvalue weighted by Gasteiger charge is -2.30. The molecular weight excluding hydrogens is 1010 g/mol. The maximum absolute atomic E-state index is 10.5. The molecule has 0 radical (unpaired) electrons. The summed E-state index contributed by atoms with van der Waals surface area (Å²) in [6.45, 7) is 17.0. The minimum absolute atomic E-state index is 0.323. The predicted molar refractivity (Wildman–Crippen MR) is 328 cm³/mol. The number of ether oxygens (including phenoxy) is 3. The molecule has 0 spiro atoms. The Kier molecular flexibility index (Phi) is 25.4. The Hall–Kier alpha value is -5.64. The van der Waals surface area contributed by atoms with Crippen LogP contribution in [0.5, 0.6) is 17.2 Å². The van der Waals surface area contributed by atoms with Gasteiger partial charge in [-0.15, -0.1) is 0 Å². The van der Waals surface area contributed by atoms with Crippen molar-refractivity contribution in [3.05, 3.63) is 196 Å². The standard InChI is InChI=1S/C25H34N2O2.C23H32N2O2.C21H28N2O2/c28-24(19-27-15-12-22-9-3-4-10-23(22)18-27)20-29-25-11-7-8-21(16-25)17-26-13-5-1-2-6-14-26;1-2-3-12-24-15-19-7-6-10-23(14-19)27-18-22(26)17-25-13-11-20-8-4-5-9-21(20)16-25;1-22(2)13-17-6-5-9-21(12-17)25-16-20(24)15-23-11-10-18-7-3-4-8-19(18)14-23/h3-4,7-11,16,24,28H,1-2,5-6,12-15,17-20H2;4-10,14,22,24,26H,2-3,11-13,15-18H2,1H3;3-9,12,20,24H,10-11,13-16H2,1-2H3. The van der Waals surface area contributed by atoms with Gasteiger partial charge in [-0.1, -0.05) is 135 Å². The molecule has 6 aromatic carbocycles. The lowest BCUT2D eigenvalue weighted by atomic mass is 10.00. The van der Waals surface area contributed by atoms with E-state index in [0.717, 1.165) is 102 Å². The van der Waals surface area contributed by atoms with Crippen molar-refractivity contribution in [1.82, 2.24) is 29.8 Å². The van der Waals surface area contributed by atoms with Crippen LogP contribution in [0.2, 0.25) is 0 Å². The molecular formula is C69H94N6O6. The van der Waals surface area contributed by atoms with Crippen molar-refractivity contribution < 1.29 is 29.5 Å². The van der Waals surface area contributed by atoms with E-state index in [9.17, 15) is 15.3 Å². The first-order valence-electron chi connectivity index (χ1n) is 30.3. The van der Waals surface area contributed by atoms with Crippen LogP contribution in [-0.4, -0.2) is 151 Å². The van der Waals surface area contributed by atoms with Crippen molar-refractivity contribution in [3.63, 3.8) is 0 Å². The van der Waals surface area contributed by atoms with Crippen molar-refractivity contribution in [2.24, 2.45) is 0 Å². The number of likely N-dealkylation sites (tertiary alicyclic amines) is 1. The molecule has 12 nitrogen and oxygen atoms in total. The summed E-state index contributed by atoms with van der Waals surface area (Å²) < 4.78 is 17.6. The SMILES string of the molecule is CCCCNCc1cccc(OCC(O)CN2CCc3ccccc3C2)c1.CN(C)Cc1cccc(OCC(O)CN2CCc3ccccc3C2)c1.OC(COc1cccc(CN2CCCCCC2)c1)CN1CCc2ccccc2C1. The first kappa shape index (κ1) is 61.4. The number of rotatable bonds is 24. The number of aliphatic hydroxyl groups is 3. The number of nitrogens with zero attached hydrogens (tertiary/aromatic N) is 5. The Balaban J connectivity index is 0.000000160. The molecule has 1 saturated heterocycles. The predicted octanol–water partition coefficient (Wildman–Crippen LogP) is 9.78. The molecule has 4 N–H and O–H groups in total. The highest BCUT2D eigenvalue weighted by molar-refractivity contribution is 5.33. The van der Waals surface area contributed by atoms with Gasteiger partial charge >= 0.3 is 0 Å². The number of nitrogens with one attached hydrogen (secondary N) is 1. The molecule has 6 aromatic rings. The minimum atomic E-state index is -0.485. The topological polar surface area (TPSA) is 117 Å². The normalized spacial score (nSPS) is 16.9. The van der Waals surface area contributed by atoms with Gasteiger partial charge in [0.15, 0.2) is 0 Å². The van der Waals surface area contributed by atoms with Crippen LogP contribution in [-0.2, 0) is 58.5 Å². The van der Waals surface area contributed by atoms with E-state index in [-0.39, 0.29) is 0 Å². The van der Waals surface area contributed by atoms with Crippen molar-refractivity contribution in [2.45, 2.75) is 122 Å². The summed E-state index contributed by atoms with van der Waals surface area (Å²) >= 11 is 0. The lowest BCUT2D eigenvalue weighted by molar-refractivity contribution is 0.0636. The van der Waals surface area contributed by atoms with Gasteiger partial charge in [-0.2, -0.15) is 0 Å². The fraction of sp³-hybridized carbons (Fsp3) is 0.478. The number of benzene rings is 6. The van der Waals surface area contributed by atoms with Gasteiger partial charge in [-0.05, 0) is 159 Å². The maximum atomic E-state index is 10.5.